The van der Waals surface area contributed by atoms with Crippen LogP contribution in [-0.2, 0) is 23.8 Å². The van der Waals surface area contributed by atoms with Gasteiger partial charge in [0.15, 0.2) is 6.10 Å². The zero-order chi connectivity index (χ0) is 22.6. The number of nitrogens with one attached hydrogen (secondary N) is 1. The Bertz CT molecular complexity index is 787. The van der Waals surface area contributed by atoms with Gasteiger partial charge < -0.3 is 24.4 Å². The van der Waals surface area contributed by atoms with E-state index in [1.807, 2.05) is 31.2 Å². The predicted octanol–water partition coefficient (Wildman–Crippen LogP) is 1.14. The van der Waals surface area contributed by atoms with Gasteiger partial charge in [0.2, 0.25) is 5.91 Å². The minimum atomic E-state index is -0.735. The molecule has 1 aromatic rings. The average molecular weight is 446 g/mol. The summed E-state index contributed by atoms with van der Waals surface area (Å²) in [6, 6.07) is 7.49. The Morgan fingerprint density at radius 1 is 1.09 bits per heavy atom. The third-order valence-corrected chi connectivity index (χ3v) is 7.01. The molecule has 3 heterocycles. The molecule has 0 bridgehead atoms. The van der Waals surface area contributed by atoms with Gasteiger partial charge in [0.05, 0.1) is 19.3 Å². The summed E-state index contributed by atoms with van der Waals surface area (Å²) in [7, 11) is 1.74. The third-order valence-electron chi connectivity index (χ3n) is 7.01. The number of nitrogens with zero attached hydrogens (tertiary/aromatic N) is 2. The van der Waals surface area contributed by atoms with Crippen molar-refractivity contribution in [1.29, 1.82) is 0 Å². The Balaban J connectivity index is 1.46. The first-order valence-corrected chi connectivity index (χ1v) is 11.6. The summed E-state index contributed by atoms with van der Waals surface area (Å²) in [4.78, 5) is 29.7. The summed E-state index contributed by atoms with van der Waals surface area (Å²) in [5, 5.41) is 3.18. The first-order chi connectivity index (χ1) is 15.5. The quantitative estimate of drug-likeness (QED) is 0.707. The number of hydrogen-bond acceptors (Lipinski definition) is 6. The van der Waals surface area contributed by atoms with Crippen molar-refractivity contribution in [3.8, 4) is 0 Å². The van der Waals surface area contributed by atoms with Crippen molar-refractivity contribution in [2.75, 3.05) is 66.3 Å². The van der Waals surface area contributed by atoms with E-state index in [1.165, 1.54) is 0 Å². The lowest BCUT2D eigenvalue weighted by atomic mass is 9.79. The lowest BCUT2D eigenvalue weighted by molar-refractivity contribution is -0.162. The van der Waals surface area contributed by atoms with Crippen LogP contribution in [0, 0.1) is 12.3 Å². The number of carbonyl (C=O) groups is 2. The molecule has 0 spiro atoms. The molecule has 3 fully saturated rings. The molecule has 3 aliphatic rings. The standard InChI is InChI=1S/C24H35N3O5/c1-18-3-5-19(6-4-18)21-22(32-15-20(28)26(21)2)23(29)25-16-24(7-11-30-12-8-24)17-27-9-13-31-14-10-27/h3-6,21-22H,7-17H2,1-2H3,(H,25,29). The fourth-order valence-corrected chi connectivity index (χ4v) is 4.90. The number of hydrogen-bond donors (Lipinski definition) is 1. The summed E-state index contributed by atoms with van der Waals surface area (Å²) in [5.74, 6) is -0.282. The van der Waals surface area contributed by atoms with Gasteiger partial charge in [0.1, 0.15) is 6.61 Å². The van der Waals surface area contributed by atoms with E-state index >= 15 is 0 Å². The van der Waals surface area contributed by atoms with Crippen molar-refractivity contribution in [1.82, 2.24) is 15.1 Å². The van der Waals surface area contributed by atoms with E-state index in [1.54, 1.807) is 11.9 Å². The van der Waals surface area contributed by atoms with Gasteiger partial charge >= 0.3 is 0 Å². The fraction of sp³-hybridized carbons (Fsp3) is 0.667. The molecule has 0 aliphatic carbocycles. The van der Waals surface area contributed by atoms with Gasteiger partial charge in [-0.05, 0) is 25.3 Å². The highest BCUT2D eigenvalue weighted by atomic mass is 16.5. The molecule has 1 aromatic carbocycles. The lowest BCUT2D eigenvalue weighted by Gasteiger charge is -2.43. The van der Waals surface area contributed by atoms with E-state index in [9.17, 15) is 9.59 Å². The van der Waals surface area contributed by atoms with Crippen molar-refractivity contribution in [2.24, 2.45) is 5.41 Å². The van der Waals surface area contributed by atoms with Gasteiger partial charge in [0.25, 0.3) is 5.91 Å². The second kappa shape index (κ2) is 10.3. The summed E-state index contributed by atoms with van der Waals surface area (Å²) >= 11 is 0. The van der Waals surface area contributed by atoms with Crippen LogP contribution in [0.4, 0.5) is 0 Å². The number of carbonyl (C=O) groups excluding carboxylic acids is 2. The molecule has 1 N–H and O–H groups in total. The zero-order valence-corrected chi connectivity index (χ0v) is 19.2. The van der Waals surface area contributed by atoms with E-state index in [0.29, 0.717) is 19.8 Å². The van der Waals surface area contributed by atoms with Crippen LogP contribution in [0.2, 0.25) is 0 Å². The van der Waals surface area contributed by atoms with E-state index in [-0.39, 0.29) is 23.8 Å². The van der Waals surface area contributed by atoms with Crippen LogP contribution in [0.15, 0.2) is 24.3 Å². The van der Waals surface area contributed by atoms with Crippen molar-refractivity contribution < 1.29 is 23.8 Å². The molecular formula is C24H35N3O5. The van der Waals surface area contributed by atoms with Crippen molar-refractivity contribution in [3.05, 3.63) is 35.4 Å². The molecule has 8 heteroatoms. The molecule has 0 radical (unpaired) electrons. The highest BCUT2D eigenvalue weighted by Crippen LogP contribution is 2.33. The van der Waals surface area contributed by atoms with Crippen molar-refractivity contribution in [2.45, 2.75) is 31.9 Å². The Morgan fingerprint density at radius 2 is 1.75 bits per heavy atom. The van der Waals surface area contributed by atoms with E-state index in [2.05, 4.69) is 10.2 Å². The first kappa shape index (κ1) is 23.2. The number of morpholine rings is 2. The molecule has 2 amide bonds. The molecule has 2 unspecified atom stereocenters. The zero-order valence-electron chi connectivity index (χ0n) is 19.2. The minimum Gasteiger partial charge on any atom is -0.381 e. The third kappa shape index (κ3) is 5.31. The molecule has 3 aliphatic heterocycles. The number of ether oxygens (including phenoxy) is 3. The monoisotopic (exact) mass is 445 g/mol. The molecule has 8 nitrogen and oxygen atoms in total. The van der Waals surface area contributed by atoms with Gasteiger partial charge in [-0.2, -0.15) is 0 Å². The SMILES string of the molecule is Cc1ccc(C2C(C(=O)NCC3(CN4CCOCC4)CCOCC3)OCC(=O)N2C)cc1. The Hall–Kier alpha value is -2.00. The first-order valence-electron chi connectivity index (χ1n) is 11.6. The van der Waals surface area contributed by atoms with Crippen LogP contribution >= 0.6 is 0 Å². The highest BCUT2D eigenvalue weighted by Gasteiger charge is 2.41. The molecule has 0 aromatic heterocycles. The van der Waals surface area contributed by atoms with Crippen LogP contribution in [-0.4, -0.2) is 94.0 Å². The molecule has 4 rings (SSSR count). The van der Waals surface area contributed by atoms with Crippen LogP contribution in [0.5, 0.6) is 0 Å². The Labute approximate surface area is 190 Å². The van der Waals surface area contributed by atoms with E-state index in [0.717, 1.165) is 56.8 Å². The maximum Gasteiger partial charge on any atom is 0.251 e. The van der Waals surface area contributed by atoms with Gasteiger partial charge in [0, 0.05) is 51.9 Å². The molecule has 3 saturated heterocycles. The Morgan fingerprint density at radius 3 is 2.44 bits per heavy atom. The second-order valence-electron chi connectivity index (χ2n) is 9.31. The molecule has 32 heavy (non-hydrogen) atoms. The van der Waals surface area contributed by atoms with Gasteiger partial charge in [-0.25, -0.2) is 0 Å². The molecular weight excluding hydrogens is 410 g/mol. The largest absolute Gasteiger partial charge is 0.381 e. The number of benzene rings is 1. The maximum atomic E-state index is 13.3. The number of likely N-dealkylation sites (N-methyl/N-ethyl adjacent to an activating group) is 1. The molecule has 176 valence electrons. The maximum absolute atomic E-state index is 13.3. The van der Waals surface area contributed by atoms with E-state index in [4.69, 9.17) is 14.2 Å². The van der Waals surface area contributed by atoms with Gasteiger partial charge in [-0.3, -0.25) is 14.5 Å². The predicted molar refractivity (Wildman–Crippen MR) is 119 cm³/mol. The van der Waals surface area contributed by atoms with Gasteiger partial charge in [-0.1, -0.05) is 29.8 Å². The topological polar surface area (TPSA) is 80.3 Å². The second-order valence-corrected chi connectivity index (χ2v) is 9.31. The number of aryl methyl sites for hydroxylation is 1. The van der Waals surface area contributed by atoms with Crippen LogP contribution in [0.1, 0.15) is 30.0 Å². The number of amides is 2. The van der Waals surface area contributed by atoms with Crippen LogP contribution < -0.4 is 5.32 Å². The van der Waals surface area contributed by atoms with Crippen LogP contribution in [0.3, 0.4) is 0 Å². The summed E-state index contributed by atoms with van der Waals surface area (Å²) in [6.45, 7) is 8.21. The number of rotatable bonds is 6. The van der Waals surface area contributed by atoms with Crippen LogP contribution in [0.25, 0.3) is 0 Å². The molecule has 0 saturated carbocycles. The minimum absolute atomic E-state index is 0.0268. The van der Waals surface area contributed by atoms with Crippen molar-refractivity contribution >= 4 is 11.8 Å². The summed E-state index contributed by atoms with van der Waals surface area (Å²) < 4.78 is 16.9. The van der Waals surface area contributed by atoms with Gasteiger partial charge in [-0.15, -0.1) is 0 Å². The summed E-state index contributed by atoms with van der Waals surface area (Å²) in [5.41, 5.74) is 2.01. The lowest BCUT2D eigenvalue weighted by Crippen LogP contribution is -2.56. The van der Waals surface area contributed by atoms with E-state index < -0.39 is 12.1 Å². The normalized spacial score (nSPS) is 26.7. The summed E-state index contributed by atoms with van der Waals surface area (Å²) in [6.07, 6.45) is 1.09. The Kier molecular flexibility index (Phi) is 7.45. The fourth-order valence-electron chi connectivity index (χ4n) is 4.90. The molecule has 2 atom stereocenters. The van der Waals surface area contributed by atoms with Crippen molar-refractivity contribution in [3.63, 3.8) is 0 Å². The highest BCUT2D eigenvalue weighted by molar-refractivity contribution is 5.86. The smallest absolute Gasteiger partial charge is 0.251 e. The average Bonchev–Trinajstić information content (AvgIpc) is 2.81.